The Labute approximate surface area is 97.8 Å². The van der Waals surface area contributed by atoms with Crippen LogP contribution in [0, 0.1) is 0 Å². The van der Waals surface area contributed by atoms with E-state index in [0.29, 0.717) is 0 Å². The molecule has 0 aliphatic rings. The summed E-state index contributed by atoms with van der Waals surface area (Å²) in [6, 6.07) is 1.54. The minimum Gasteiger partial charge on any atom is -0.345 e. The number of aromatic nitrogens is 2. The zero-order chi connectivity index (χ0) is 13.1. The van der Waals surface area contributed by atoms with E-state index in [1.807, 2.05) is 13.8 Å². The Morgan fingerprint density at radius 1 is 1.65 bits per heavy atom. The molecular formula is C10H16F2N4O. The third-order valence-corrected chi connectivity index (χ3v) is 2.26. The summed E-state index contributed by atoms with van der Waals surface area (Å²) in [5, 5.41) is 8.52. The van der Waals surface area contributed by atoms with Crippen LogP contribution in [-0.4, -0.2) is 35.1 Å². The van der Waals surface area contributed by atoms with Gasteiger partial charge in [0, 0.05) is 5.69 Å². The molecule has 0 fully saturated rings. The van der Waals surface area contributed by atoms with Crippen molar-refractivity contribution >= 4 is 5.91 Å². The molecule has 0 saturated carbocycles. The van der Waals surface area contributed by atoms with Crippen LogP contribution in [0.5, 0.6) is 0 Å². The second kappa shape index (κ2) is 5.22. The number of H-pyrrole nitrogens is 1. The summed E-state index contributed by atoms with van der Waals surface area (Å²) in [4.78, 5) is 11.5. The van der Waals surface area contributed by atoms with Gasteiger partial charge >= 0.3 is 0 Å². The molecule has 0 aliphatic heterocycles. The van der Waals surface area contributed by atoms with Crippen molar-refractivity contribution in [3.8, 4) is 0 Å². The van der Waals surface area contributed by atoms with E-state index in [4.69, 9.17) is 5.73 Å². The molecule has 0 aromatic carbocycles. The molecule has 1 aromatic rings. The summed E-state index contributed by atoms with van der Waals surface area (Å²) in [7, 11) is 0. The molecule has 96 valence electrons. The highest BCUT2D eigenvalue weighted by atomic mass is 19.3. The molecule has 0 atom stereocenters. The molecule has 1 aromatic heterocycles. The van der Waals surface area contributed by atoms with Crippen LogP contribution < -0.4 is 11.1 Å². The first kappa shape index (κ1) is 13.6. The Kier molecular flexibility index (Phi) is 4.17. The van der Waals surface area contributed by atoms with Crippen LogP contribution in [0.2, 0.25) is 0 Å². The number of alkyl halides is 2. The van der Waals surface area contributed by atoms with Crippen molar-refractivity contribution in [3.63, 3.8) is 0 Å². The van der Waals surface area contributed by atoms with Crippen LogP contribution >= 0.6 is 0 Å². The fraction of sp³-hybridized carbons (Fsp3) is 0.600. The normalized spacial score (nSPS) is 11.9. The molecule has 1 amide bonds. The number of carbonyl (C=O) groups is 1. The molecular weight excluding hydrogens is 230 g/mol. The molecule has 1 rings (SSSR count). The Morgan fingerprint density at radius 2 is 2.29 bits per heavy atom. The second-order valence-electron chi connectivity index (χ2n) is 4.11. The van der Waals surface area contributed by atoms with E-state index in [1.165, 1.54) is 0 Å². The Hall–Kier alpha value is -1.50. The molecule has 7 heteroatoms. The van der Waals surface area contributed by atoms with E-state index in [0.717, 1.165) is 5.69 Å². The SMILES string of the molecule is CC(C)c1cc(C(=O)NCC(F)(F)CN)n[nH]1. The van der Waals surface area contributed by atoms with E-state index in [-0.39, 0.29) is 11.6 Å². The first-order valence-electron chi connectivity index (χ1n) is 5.27. The van der Waals surface area contributed by atoms with Crippen molar-refractivity contribution < 1.29 is 13.6 Å². The average Bonchev–Trinajstić information content (AvgIpc) is 2.75. The maximum atomic E-state index is 12.8. The molecule has 0 saturated heterocycles. The fourth-order valence-electron chi connectivity index (χ4n) is 1.12. The minimum atomic E-state index is -3.09. The van der Waals surface area contributed by atoms with Gasteiger partial charge in [-0.25, -0.2) is 8.78 Å². The van der Waals surface area contributed by atoms with Crippen LogP contribution in [0.25, 0.3) is 0 Å². The van der Waals surface area contributed by atoms with Crippen LogP contribution in [0.15, 0.2) is 6.07 Å². The zero-order valence-electron chi connectivity index (χ0n) is 9.76. The van der Waals surface area contributed by atoms with E-state index >= 15 is 0 Å². The maximum absolute atomic E-state index is 12.8. The highest BCUT2D eigenvalue weighted by Gasteiger charge is 2.27. The summed E-state index contributed by atoms with van der Waals surface area (Å²) >= 11 is 0. The predicted octanol–water partition coefficient (Wildman–Crippen LogP) is 0.857. The number of nitrogens with one attached hydrogen (secondary N) is 2. The number of nitrogens with two attached hydrogens (primary N) is 1. The van der Waals surface area contributed by atoms with Gasteiger partial charge in [0.1, 0.15) is 5.69 Å². The Bertz CT molecular complexity index is 389. The van der Waals surface area contributed by atoms with E-state index in [2.05, 4.69) is 15.5 Å². The smallest absolute Gasteiger partial charge is 0.277 e. The van der Waals surface area contributed by atoms with Crippen molar-refractivity contribution in [2.24, 2.45) is 5.73 Å². The Balaban J connectivity index is 2.58. The van der Waals surface area contributed by atoms with E-state index < -0.39 is 24.9 Å². The molecule has 0 bridgehead atoms. The van der Waals surface area contributed by atoms with Crippen molar-refractivity contribution in [2.45, 2.75) is 25.7 Å². The summed E-state index contributed by atoms with van der Waals surface area (Å²) in [6.07, 6.45) is 0. The monoisotopic (exact) mass is 246 g/mol. The first-order chi connectivity index (χ1) is 7.85. The fourth-order valence-corrected chi connectivity index (χ4v) is 1.12. The average molecular weight is 246 g/mol. The lowest BCUT2D eigenvalue weighted by atomic mass is 10.1. The van der Waals surface area contributed by atoms with Gasteiger partial charge in [0.15, 0.2) is 0 Å². The van der Waals surface area contributed by atoms with E-state index in [1.54, 1.807) is 6.07 Å². The lowest BCUT2D eigenvalue weighted by Gasteiger charge is -2.13. The molecule has 17 heavy (non-hydrogen) atoms. The zero-order valence-corrected chi connectivity index (χ0v) is 9.76. The topological polar surface area (TPSA) is 83.8 Å². The number of carbonyl (C=O) groups excluding carboxylic acids is 1. The number of hydrogen-bond acceptors (Lipinski definition) is 3. The molecule has 0 unspecified atom stereocenters. The van der Waals surface area contributed by atoms with Gasteiger partial charge in [0.2, 0.25) is 0 Å². The molecule has 1 heterocycles. The third-order valence-electron chi connectivity index (χ3n) is 2.26. The quantitative estimate of drug-likeness (QED) is 0.720. The molecule has 0 radical (unpaired) electrons. The lowest BCUT2D eigenvalue weighted by molar-refractivity contribution is 0.0118. The van der Waals surface area contributed by atoms with Gasteiger partial charge in [-0.05, 0) is 12.0 Å². The van der Waals surface area contributed by atoms with Crippen molar-refractivity contribution in [3.05, 3.63) is 17.5 Å². The largest absolute Gasteiger partial charge is 0.345 e. The van der Waals surface area contributed by atoms with Gasteiger partial charge in [-0.1, -0.05) is 13.8 Å². The Morgan fingerprint density at radius 3 is 2.76 bits per heavy atom. The number of rotatable bonds is 5. The van der Waals surface area contributed by atoms with Crippen molar-refractivity contribution in [1.29, 1.82) is 0 Å². The van der Waals surface area contributed by atoms with Crippen molar-refractivity contribution in [1.82, 2.24) is 15.5 Å². The first-order valence-corrected chi connectivity index (χ1v) is 5.27. The van der Waals surface area contributed by atoms with Crippen LogP contribution in [-0.2, 0) is 0 Å². The van der Waals surface area contributed by atoms with Gasteiger partial charge in [-0.15, -0.1) is 0 Å². The van der Waals surface area contributed by atoms with Crippen LogP contribution in [0.1, 0.15) is 35.9 Å². The lowest BCUT2D eigenvalue weighted by Crippen LogP contribution is -2.41. The van der Waals surface area contributed by atoms with Crippen LogP contribution in [0.4, 0.5) is 8.78 Å². The number of aromatic amines is 1. The summed E-state index contributed by atoms with van der Waals surface area (Å²) in [6.45, 7) is 2.27. The molecule has 5 nitrogen and oxygen atoms in total. The van der Waals surface area contributed by atoms with E-state index in [9.17, 15) is 13.6 Å². The third kappa shape index (κ3) is 3.77. The standard InChI is InChI=1S/C10H16F2N4O/c1-6(2)7-3-8(16-15-7)9(17)14-5-10(11,12)4-13/h3,6H,4-5,13H2,1-2H3,(H,14,17)(H,15,16). The summed E-state index contributed by atoms with van der Waals surface area (Å²) in [5.41, 5.74) is 5.73. The molecule has 0 spiro atoms. The highest BCUT2D eigenvalue weighted by Crippen LogP contribution is 2.12. The summed E-state index contributed by atoms with van der Waals surface area (Å²) in [5.74, 6) is -3.54. The van der Waals surface area contributed by atoms with Crippen LogP contribution in [0.3, 0.4) is 0 Å². The predicted molar refractivity (Wildman–Crippen MR) is 59.0 cm³/mol. The van der Waals surface area contributed by atoms with Gasteiger partial charge < -0.3 is 11.1 Å². The maximum Gasteiger partial charge on any atom is 0.277 e. The van der Waals surface area contributed by atoms with Gasteiger partial charge in [-0.2, -0.15) is 5.10 Å². The van der Waals surface area contributed by atoms with Gasteiger partial charge in [0.25, 0.3) is 11.8 Å². The van der Waals surface area contributed by atoms with Gasteiger partial charge in [0.05, 0.1) is 13.1 Å². The summed E-state index contributed by atoms with van der Waals surface area (Å²) < 4.78 is 25.6. The highest BCUT2D eigenvalue weighted by molar-refractivity contribution is 5.92. The number of amides is 1. The number of hydrogen-bond donors (Lipinski definition) is 3. The number of halogens is 2. The van der Waals surface area contributed by atoms with Crippen molar-refractivity contribution in [2.75, 3.05) is 13.1 Å². The van der Waals surface area contributed by atoms with Gasteiger partial charge in [-0.3, -0.25) is 9.89 Å². The molecule has 0 aliphatic carbocycles. The number of nitrogens with zero attached hydrogens (tertiary/aromatic N) is 1. The second-order valence-corrected chi connectivity index (χ2v) is 4.11. The minimum absolute atomic E-state index is 0.0986. The molecule has 4 N–H and O–H groups in total.